The Morgan fingerprint density at radius 1 is 1.53 bits per heavy atom. The first-order valence-electron chi connectivity index (χ1n) is 5.35. The van der Waals surface area contributed by atoms with Crippen LogP contribution in [0.3, 0.4) is 0 Å². The number of carbonyl (C=O) groups is 1. The van der Waals surface area contributed by atoms with E-state index in [4.69, 9.17) is 9.52 Å². The third-order valence-electron chi connectivity index (χ3n) is 2.33. The zero-order valence-electron chi connectivity index (χ0n) is 9.38. The Morgan fingerprint density at radius 3 is 2.94 bits per heavy atom. The summed E-state index contributed by atoms with van der Waals surface area (Å²) in [5.41, 5.74) is 0.698. The molecule has 0 unspecified atom stereocenters. The van der Waals surface area contributed by atoms with Crippen LogP contribution in [-0.2, 0) is 6.42 Å². The summed E-state index contributed by atoms with van der Waals surface area (Å²) < 4.78 is 5.18. The van der Waals surface area contributed by atoms with Crippen molar-refractivity contribution in [1.82, 2.24) is 9.97 Å². The normalized spacial score (nSPS) is 10.4. The van der Waals surface area contributed by atoms with Crippen LogP contribution in [0.4, 0.5) is 0 Å². The van der Waals surface area contributed by atoms with Crippen LogP contribution in [-0.4, -0.2) is 21.0 Å². The Balaban J connectivity index is 2.45. The fraction of sp³-hybridized carbons (Fsp3) is 0.250. The first-order valence-corrected chi connectivity index (χ1v) is 5.35. The van der Waals surface area contributed by atoms with Crippen molar-refractivity contribution in [1.29, 1.82) is 0 Å². The first-order chi connectivity index (χ1) is 8.22. The van der Waals surface area contributed by atoms with Crippen LogP contribution < -0.4 is 0 Å². The summed E-state index contributed by atoms with van der Waals surface area (Å²) in [6.07, 6.45) is 4.30. The Morgan fingerprint density at radius 2 is 2.35 bits per heavy atom. The van der Waals surface area contributed by atoms with E-state index in [0.29, 0.717) is 23.7 Å². The second kappa shape index (κ2) is 4.78. The van der Waals surface area contributed by atoms with Crippen molar-refractivity contribution in [3.63, 3.8) is 0 Å². The van der Waals surface area contributed by atoms with Crippen LogP contribution >= 0.6 is 0 Å². The smallest absolute Gasteiger partial charge is 0.339 e. The summed E-state index contributed by atoms with van der Waals surface area (Å²) in [6.45, 7) is 1.97. The first kappa shape index (κ1) is 11.3. The average Bonchev–Trinajstić information content (AvgIpc) is 2.82. The van der Waals surface area contributed by atoms with Gasteiger partial charge in [-0.25, -0.2) is 14.8 Å². The lowest BCUT2D eigenvalue weighted by Gasteiger charge is -2.04. The second-order valence-electron chi connectivity index (χ2n) is 3.59. The van der Waals surface area contributed by atoms with Crippen LogP contribution in [0.25, 0.3) is 11.6 Å². The van der Waals surface area contributed by atoms with Crippen molar-refractivity contribution in [2.75, 3.05) is 0 Å². The Labute approximate surface area is 98.1 Å². The van der Waals surface area contributed by atoms with Crippen LogP contribution in [0.15, 0.2) is 29.0 Å². The maximum Gasteiger partial charge on any atom is 0.339 e. The summed E-state index contributed by atoms with van der Waals surface area (Å²) in [6, 6.07) is 3.48. The third kappa shape index (κ3) is 2.33. The molecule has 0 saturated heterocycles. The lowest BCUT2D eigenvalue weighted by molar-refractivity contribution is 0.0694. The van der Waals surface area contributed by atoms with Crippen LogP contribution in [0.5, 0.6) is 0 Å². The van der Waals surface area contributed by atoms with E-state index in [9.17, 15) is 4.79 Å². The molecule has 0 radical (unpaired) electrons. The molecule has 0 fully saturated rings. The van der Waals surface area contributed by atoms with E-state index in [-0.39, 0.29) is 5.56 Å². The van der Waals surface area contributed by atoms with Gasteiger partial charge in [0.05, 0.1) is 17.5 Å². The van der Waals surface area contributed by atoms with E-state index in [1.807, 2.05) is 6.92 Å². The SMILES string of the molecule is CCCc1nc(-c2ccco2)ncc1C(=O)O. The molecule has 0 aliphatic rings. The van der Waals surface area contributed by atoms with Gasteiger partial charge in [0.15, 0.2) is 11.6 Å². The molecule has 0 bridgehead atoms. The molecular weight excluding hydrogens is 220 g/mol. The predicted molar refractivity (Wildman–Crippen MR) is 60.7 cm³/mol. The highest BCUT2D eigenvalue weighted by Gasteiger charge is 2.14. The fourth-order valence-electron chi connectivity index (χ4n) is 1.55. The van der Waals surface area contributed by atoms with Crippen LogP contribution in [0, 0.1) is 0 Å². The number of furan rings is 1. The molecule has 88 valence electrons. The van der Waals surface area contributed by atoms with Crippen molar-refractivity contribution in [3.05, 3.63) is 35.9 Å². The van der Waals surface area contributed by atoms with E-state index in [1.54, 1.807) is 12.1 Å². The Hall–Kier alpha value is -2.17. The van der Waals surface area contributed by atoms with E-state index < -0.39 is 5.97 Å². The minimum atomic E-state index is -1.00. The van der Waals surface area contributed by atoms with E-state index in [2.05, 4.69) is 9.97 Å². The molecule has 0 aliphatic heterocycles. The maximum atomic E-state index is 11.0. The Bertz CT molecular complexity index is 521. The van der Waals surface area contributed by atoms with Gasteiger partial charge in [0, 0.05) is 6.20 Å². The molecule has 2 heterocycles. The molecule has 0 aromatic carbocycles. The molecule has 0 aliphatic carbocycles. The molecule has 0 atom stereocenters. The lowest BCUT2D eigenvalue weighted by atomic mass is 10.1. The quantitative estimate of drug-likeness (QED) is 0.875. The number of hydrogen-bond acceptors (Lipinski definition) is 4. The van der Waals surface area contributed by atoms with Gasteiger partial charge in [0.2, 0.25) is 0 Å². The number of aromatic carboxylic acids is 1. The van der Waals surface area contributed by atoms with Gasteiger partial charge < -0.3 is 9.52 Å². The van der Waals surface area contributed by atoms with Crippen molar-refractivity contribution in [2.45, 2.75) is 19.8 Å². The number of aryl methyl sites for hydroxylation is 1. The summed E-state index contributed by atoms with van der Waals surface area (Å²) >= 11 is 0. The van der Waals surface area contributed by atoms with Crippen LogP contribution in [0.2, 0.25) is 0 Å². The average molecular weight is 232 g/mol. The predicted octanol–water partition coefficient (Wildman–Crippen LogP) is 2.39. The van der Waals surface area contributed by atoms with Crippen molar-refractivity contribution < 1.29 is 14.3 Å². The van der Waals surface area contributed by atoms with E-state index >= 15 is 0 Å². The zero-order chi connectivity index (χ0) is 12.3. The van der Waals surface area contributed by atoms with Gasteiger partial charge in [-0.1, -0.05) is 13.3 Å². The minimum Gasteiger partial charge on any atom is -0.478 e. The molecule has 0 saturated carbocycles. The molecule has 5 nitrogen and oxygen atoms in total. The fourth-order valence-corrected chi connectivity index (χ4v) is 1.55. The van der Waals surface area contributed by atoms with Crippen molar-refractivity contribution in [3.8, 4) is 11.6 Å². The van der Waals surface area contributed by atoms with Gasteiger partial charge in [0.1, 0.15) is 0 Å². The number of carboxylic acid groups (broad SMARTS) is 1. The molecule has 5 heteroatoms. The summed E-state index contributed by atoms with van der Waals surface area (Å²) in [5.74, 6) is -0.0396. The lowest BCUT2D eigenvalue weighted by Crippen LogP contribution is -2.07. The van der Waals surface area contributed by atoms with Crippen molar-refractivity contribution in [2.24, 2.45) is 0 Å². The highest BCUT2D eigenvalue weighted by molar-refractivity contribution is 5.88. The topological polar surface area (TPSA) is 76.2 Å². The second-order valence-corrected chi connectivity index (χ2v) is 3.59. The zero-order valence-corrected chi connectivity index (χ0v) is 9.38. The maximum absolute atomic E-state index is 11.0. The Kier molecular flexibility index (Phi) is 3.18. The largest absolute Gasteiger partial charge is 0.478 e. The van der Waals surface area contributed by atoms with Gasteiger partial charge in [-0.05, 0) is 18.6 Å². The summed E-state index contributed by atoms with van der Waals surface area (Å²) in [7, 11) is 0. The van der Waals surface area contributed by atoms with Gasteiger partial charge in [0.25, 0.3) is 0 Å². The standard InChI is InChI=1S/C12H12N2O3/c1-2-4-9-8(12(15)16)7-13-11(14-9)10-5-3-6-17-10/h3,5-7H,2,4H2,1H3,(H,15,16). The molecule has 17 heavy (non-hydrogen) atoms. The summed E-state index contributed by atoms with van der Waals surface area (Å²) in [4.78, 5) is 19.2. The molecular formula is C12H12N2O3. The molecule has 2 aromatic rings. The van der Waals surface area contributed by atoms with Crippen LogP contribution in [0.1, 0.15) is 29.4 Å². The molecule has 2 rings (SSSR count). The molecule has 0 spiro atoms. The number of rotatable bonds is 4. The molecule has 1 N–H and O–H groups in total. The van der Waals surface area contributed by atoms with Gasteiger partial charge in [-0.3, -0.25) is 0 Å². The highest BCUT2D eigenvalue weighted by atomic mass is 16.4. The van der Waals surface area contributed by atoms with Gasteiger partial charge in [-0.15, -0.1) is 0 Å². The number of aromatic nitrogens is 2. The van der Waals surface area contributed by atoms with E-state index in [1.165, 1.54) is 12.5 Å². The van der Waals surface area contributed by atoms with Gasteiger partial charge >= 0.3 is 5.97 Å². The van der Waals surface area contributed by atoms with Gasteiger partial charge in [-0.2, -0.15) is 0 Å². The number of nitrogens with zero attached hydrogens (tertiary/aromatic N) is 2. The highest BCUT2D eigenvalue weighted by Crippen LogP contribution is 2.17. The molecule has 2 aromatic heterocycles. The number of carboxylic acids is 1. The van der Waals surface area contributed by atoms with Crippen molar-refractivity contribution >= 4 is 5.97 Å². The van der Waals surface area contributed by atoms with E-state index in [0.717, 1.165) is 6.42 Å². The monoisotopic (exact) mass is 232 g/mol. The molecule has 0 amide bonds. The third-order valence-corrected chi connectivity index (χ3v) is 2.33. The number of hydrogen-bond donors (Lipinski definition) is 1. The summed E-state index contributed by atoms with van der Waals surface area (Å²) in [5, 5.41) is 9.01. The minimum absolute atomic E-state index is 0.155.